The van der Waals surface area contributed by atoms with Gasteiger partial charge < -0.3 is 10.6 Å². The topological polar surface area (TPSA) is 29.3 Å². The third-order valence-corrected chi connectivity index (χ3v) is 4.34. The van der Waals surface area contributed by atoms with Gasteiger partial charge in [-0.15, -0.1) is 0 Å². The van der Waals surface area contributed by atoms with E-state index in [1.165, 1.54) is 55.0 Å². The average Bonchev–Trinajstić information content (AvgIpc) is 2.54. The predicted molar refractivity (Wildman–Crippen MR) is 99.6 cm³/mol. The van der Waals surface area contributed by atoms with E-state index in [1.54, 1.807) is 0 Å². The second-order valence-corrected chi connectivity index (χ2v) is 6.12. The molecule has 2 N–H and O–H groups in total. The number of rotatable bonds is 9. The van der Waals surface area contributed by atoms with Crippen LogP contribution in [0, 0.1) is 0 Å². The summed E-state index contributed by atoms with van der Waals surface area (Å²) in [5.41, 5.74) is 8.37. The van der Waals surface area contributed by atoms with E-state index >= 15 is 0 Å². The van der Waals surface area contributed by atoms with Gasteiger partial charge >= 0.3 is 0 Å². The van der Waals surface area contributed by atoms with Gasteiger partial charge in [0.05, 0.1) is 0 Å². The second kappa shape index (κ2) is 8.67. The molecule has 0 atom stereocenters. The maximum absolute atomic E-state index is 6.15. The van der Waals surface area contributed by atoms with Crippen LogP contribution < -0.4 is 10.6 Å². The minimum Gasteiger partial charge on any atom is -0.398 e. The minimum absolute atomic E-state index is 0.876. The zero-order valence-electron chi connectivity index (χ0n) is 14.1. The standard InChI is InChI=1S/C20H30N2/c1-3-5-7-15-22(16-8-6-4-2)20-14-10-11-17-18(20)12-9-13-19(17)21/h9-14H,3-8,15-16,21H2,1-2H3. The lowest BCUT2D eigenvalue weighted by molar-refractivity contribution is 0.638. The SMILES string of the molecule is CCCCCN(CCCCC)c1cccc2c(N)cccc12. The molecule has 2 nitrogen and oxygen atoms in total. The van der Waals surface area contributed by atoms with E-state index in [1.807, 2.05) is 6.07 Å². The first-order valence-corrected chi connectivity index (χ1v) is 8.80. The van der Waals surface area contributed by atoms with Crippen LogP contribution in [0.2, 0.25) is 0 Å². The van der Waals surface area contributed by atoms with Crippen molar-refractivity contribution in [1.82, 2.24) is 0 Å². The number of fused-ring (bicyclic) bond motifs is 1. The molecule has 0 fully saturated rings. The van der Waals surface area contributed by atoms with Crippen LogP contribution in [0.15, 0.2) is 36.4 Å². The normalized spacial score (nSPS) is 11.0. The smallest absolute Gasteiger partial charge is 0.0446 e. The summed E-state index contributed by atoms with van der Waals surface area (Å²) < 4.78 is 0. The van der Waals surface area contributed by atoms with Gasteiger partial charge in [-0.1, -0.05) is 63.8 Å². The van der Waals surface area contributed by atoms with Crippen LogP contribution in [-0.2, 0) is 0 Å². The zero-order chi connectivity index (χ0) is 15.8. The number of hydrogen-bond donors (Lipinski definition) is 1. The number of hydrogen-bond acceptors (Lipinski definition) is 2. The molecule has 0 bridgehead atoms. The number of nitrogen functional groups attached to an aromatic ring is 1. The molecule has 2 rings (SSSR count). The molecular formula is C20H30N2. The molecule has 0 aliphatic rings. The molecule has 120 valence electrons. The van der Waals surface area contributed by atoms with Crippen LogP contribution in [0.25, 0.3) is 10.8 Å². The number of nitrogens with two attached hydrogens (primary N) is 1. The van der Waals surface area contributed by atoms with Gasteiger partial charge in [0.25, 0.3) is 0 Å². The van der Waals surface area contributed by atoms with E-state index in [2.05, 4.69) is 49.1 Å². The van der Waals surface area contributed by atoms with E-state index in [-0.39, 0.29) is 0 Å². The monoisotopic (exact) mass is 298 g/mol. The van der Waals surface area contributed by atoms with Gasteiger partial charge in [-0.25, -0.2) is 0 Å². The maximum Gasteiger partial charge on any atom is 0.0446 e. The number of anilines is 2. The summed E-state index contributed by atoms with van der Waals surface area (Å²) in [5, 5.41) is 2.46. The lowest BCUT2D eigenvalue weighted by Gasteiger charge is -2.26. The summed E-state index contributed by atoms with van der Waals surface area (Å²) in [7, 11) is 0. The van der Waals surface area contributed by atoms with E-state index in [4.69, 9.17) is 5.73 Å². The molecule has 0 heterocycles. The van der Waals surface area contributed by atoms with Crippen molar-refractivity contribution >= 4 is 22.1 Å². The molecule has 0 spiro atoms. The Balaban J connectivity index is 2.27. The molecule has 0 saturated carbocycles. The Labute approximate surface area is 135 Å². The minimum atomic E-state index is 0.876. The lowest BCUT2D eigenvalue weighted by Crippen LogP contribution is -2.26. The highest BCUT2D eigenvalue weighted by Gasteiger charge is 2.10. The van der Waals surface area contributed by atoms with Gasteiger partial charge in [0, 0.05) is 35.2 Å². The number of benzene rings is 2. The largest absolute Gasteiger partial charge is 0.398 e. The van der Waals surface area contributed by atoms with Crippen LogP contribution in [0.5, 0.6) is 0 Å². The molecule has 22 heavy (non-hydrogen) atoms. The van der Waals surface area contributed by atoms with Crippen molar-refractivity contribution in [2.75, 3.05) is 23.7 Å². The number of nitrogens with zero attached hydrogens (tertiary/aromatic N) is 1. The first kappa shape index (κ1) is 16.7. The van der Waals surface area contributed by atoms with E-state index in [0.29, 0.717) is 0 Å². The van der Waals surface area contributed by atoms with Gasteiger partial charge in [0.15, 0.2) is 0 Å². The Bertz CT molecular complexity index is 567. The predicted octanol–water partition coefficient (Wildman–Crippen LogP) is 5.61. The Kier molecular flexibility index (Phi) is 6.57. The Hall–Kier alpha value is -1.70. The average molecular weight is 298 g/mol. The summed E-state index contributed by atoms with van der Waals surface area (Å²) in [6.45, 7) is 6.82. The lowest BCUT2D eigenvalue weighted by atomic mass is 10.1. The fourth-order valence-corrected chi connectivity index (χ4v) is 3.05. The zero-order valence-corrected chi connectivity index (χ0v) is 14.1. The van der Waals surface area contributed by atoms with E-state index in [0.717, 1.165) is 18.8 Å². The maximum atomic E-state index is 6.15. The second-order valence-electron chi connectivity index (χ2n) is 6.12. The van der Waals surface area contributed by atoms with Crippen molar-refractivity contribution in [3.63, 3.8) is 0 Å². The summed E-state index contributed by atoms with van der Waals surface area (Å²) in [6, 6.07) is 12.8. The molecule has 0 aliphatic carbocycles. The van der Waals surface area contributed by atoms with Crippen molar-refractivity contribution in [1.29, 1.82) is 0 Å². The Morgan fingerprint density at radius 2 is 1.36 bits per heavy atom. The summed E-state index contributed by atoms with van der Waals surface area (Å²) in [6.07, 6.45) is 7.67. The Morgan fingerprint density at radius 3 is 2.00 bits per heavy atom. The quantitative estimate of drug-likeness (QED) is 0.481. The fraction of sp³-hybridized carbons (Fsp3) is 0.500. The van der Waals surface area contributed by atoms with Crippen molar-refractivity contribution in [2.45, 2.75) is 52.4 Å². The van der Waals surface area contributed by atoms with Gasteiger partial charge in [-0.05, 0) is 25.0 Å². The van der Waals surface area contributed by atoms with Crippen molar-refractivity contribution in [3.05, 3.63) is 36.4 Å². The number of unbranched alkanes of at least 4 members (excludes halogenated alkanes) is 4. The molecule has 0 aromatic heterocycles. The molecule has 0 aliphatic heterocycles. The highest BCUT2D eigenvalue weighted by molar-refractivity contribution is 6.00. The molecule has 2 aromatic carbocycles. The van der Waals surface area contributed by atoms with Gasteiger partial charge in [-0.3, -0.25) is 0 Å². The van der Waals surface area contributed by atoms with Crippen LogP contribution in [0.3, 0.4) is 0 Å². The van der Waals surface area contributed by atoms with Gasteiger partial charge in [-0.2, -0.15) is 0 Å². The van der Waals surface area contributed by atoms with Crippen molar-refractivity contribution < 1.29 is 0 Å². The third kappa shape index (κ3) is 4.16. The first-order valence-electron chi connectivity index (χ1n) is 8.80. The van der Waals surface area contributed by atoms with Crippen LogP contribution in [-0.4, -0.2) is 13.1 Å². The third-order valence-electron chi connectivity index (χ3n) is 4.34. The molecule has 0 unspecified atom stereocenters. The molecule has 0 radical (unpaired) electrons. The van der Waals surface area contributed by atoms with Crippen molar-refractivity contribution in [2.24, 2.45) is 0 Å². The molecule has 0 amide bonds. The van der Waals surface area contributed by atoms with Gasteiger partial charge in [0.1, 0.15) is 0 Å². The van der Waals surface area contributed by atoms with Crippen LogP contribution in [0.1, 0.15) is 52.4 Å². The summed E-state index contributed by atoms with van der Waals surface area (Å²) >= 11 is 0. The molecular weight excluding hydrogens is 268 g/mol. The summed E-state index contributed by atoms with van der Waals surface area (Å²) in [5.74, 6) is 0. The fourth-order valence-electron chi connectivity index (χ4n) is 3.05. The van der Waals surface area contributed by atoms with Crippen molar-refractivity contribution in [3.8, 4) is 0 Å². The van der Waals surface area contributed by atoms with Crippen LogP contribution >= 0.6 is 0 Å². The first-order chi connectivity index (χ1) is 10.8. The van der Waals surface area contributed by atoms with E-state index < -0.39 is 0 Å². The molecule has 0 saturated heterocycles. The highest BCUT2D eigenvalue weighted by Crippen LogP contribution is 2.30. The Morgan fingerprint density at radius 1 is 0.773 bits per heavy atom. The van der Waals surface area contributed by atoms with Crippen LogP contribution in [0.4, 0.5) is 11.4 Å². The molecule has 2 aromatic rings. The molecule has 2 heteroatoms. The van der Waals surface area contributed by atoms with E-state index in [9.17, 15) is 0 Å². The summed E-state index contributed by atoms with van der Waals surface area (Å²) in [4.78, 5) is 2.56. The van der Waals surface area contributed by atoms with Gasteiger partial charge in [0.2, 0.25) is 0 Å². The highest BCUT2D eigenvalue weighted by atomic mass is 15.1.